The van der Waals surface area contributed by atoms with Crippen molar-refractivity contribution in [2.75, 3.05) is 20.2 Å². The summed E-state index contributed by atoms with van der Waals surface area (Å²) in [5.74, 6) is 0.966. The lowest BCUT2D eigenvalue weighted by Crippen LogP contribution is -2.28. The molecule has 19 heavy (non-hydrogen) atoms. The molecule has 0 heterocycles. The third-order valence-electron chi connectivity index (χ3n) is 3.74. The van der Waals surface area contributed by atoms with Crippen molar-refractivity contribution in [1.29, 1.82) is 0 Å². The topological polar surface area (TPSA) is 47.3 Å². The Bertz CT molecular complexity index is 413. The number of benzene rings is 1. The van der Waals surface area contributed by atoms with Gasteiger partial charge in [-0.1, -0.05) is 19.9 Å². The van der Waals surface area contributed by atoms with Gasteiger partial charge in [-0.2, -0.15) is 0 Å². The molecule has 0 atom stereocenters. The van der Waals surface area contributed by atoms with Crippen LogP contribution in [0.25, 0.3) is 0 Å². The first-order valence-electron chi connectivity index (χ1n) is 6.94. The van der Waals surface area contributed by atoms with Gasteiger partial charge < -0.3 is 15.8 Å². The van der Waals surface area contributed by atoms with Crippen LogP contribution < -0.4 is 15.8 Å². The minimum absolute atomic E-state index is 0.209. The molecule has 108 valence electrons. The molecule has 0 fully saturated rings. The van der Waals surface area contributed by atoms with Gasteiger partial charge in [0.25, 0.3) is 0 Å². The Morgan fingerprint density at radius 2 is 1.84 bits per heavy atom. The van der Waals surface area contributed by atoms with E-state index in [0.29, 0.717) is 0 Å². The monoisotopic (exact) mass is 264 g/mol. The summed E-state index contributed by atoms with van der Waals surface area (Å²) in [7, 11) is 1.73. The van der Waals surface area contributed by atoms with Crippen LogP contribution >= 0.6 is 0 Å². The van der Waals surface area contributed by atoms with E-state index in [0.717, 1.165) is 31.8 Å². The van der Waals surface area contributed by atoms with E-state index in [1.807, 2.05) is 0 Å². The molecule has 0 bridgehead atoms. The van der Waals surface area contributed by atoms with Crippen LogP contribution in [0.1, 0.15) is 37.0 Å². The van der Waals surface area contributed by atoms with Gasteiger partial charge in [-0.3, -0.25) is 0 Å². The van der Waals surface area contributed by atoms with Crippen molar-refractivity contribution >= 4 is 0 Å². The first-order valence-corrected chi connectivity index (χ1v) is 6.94. The van der Waals surface area contributed by atoms with Gasteiger partial charge in [0.1, 0.15) is 5.75 Å². The Morgan fingerprint density at radius 1 is 1.21 bits per heavy atom. The summed E-state index contributed by atoms with van der Waals surface area (Å²) in [6.07, 6.45) is 1.08. The highest BCUT2D eigenvalue weighted by Crippen LogP contribution is 2.23. The second kappa shape index (κ2) is 6.92. The summed E-state index contributed by atoms with van der Waals surface area (Å²) in [6.45, 7) is 11.2. The first-order chi connectivity index (χ1) is 8.89. The SMILES string of the molecule is COc1cc(C)c(C)cc1CNCCC(C)(C)CN. The second-order valence-electron chi connectivity index (χ2n) is 6.04. The number of methoxy groups -OCH3 is 1. The van der Waals surface area contributed by atoms with Gasteiger partial charge in [0.2, 0.25) is 0 Å². The van der Waals surface area contributed by atoms with E-state index < -0.39 is 0 Å². The maximum Gasteiger partial charge on any atom is 0.123 e. The number of nitrogens with one attached hydrogen (secondary N) is 1. The van der Waals surface area contributed by atoms with E-state index in [1.165, 1.54) is 16.7 Å². The summed E-state index contributed by atoms with van der Waals surface area (Å²) in [4.78, 5) is 0. The maximum absolute atomic E-state index is 5.73. The Morgan fingerprint density at radius 3 is 2.42 bits per heavy atom. The average Bonchev–Trinajstić information content (AvgIpc) is 2.38. The van der Waals surface area contributed by atoms with Crippen molar-refractivity contribution in [2.24, 2.45) is 11.1 Å². The lowest BCUT2D eigenvalue weighted by atomic mass is 9.90. The van der Waals surface area contributed by atoms with Crippen LogP contribution in [0.15, 0.2) is 12.1 Å². The molecule has 0 aliphatic rings. The quantitative estimate of drug-likeness (QED) is 0.744. The molecule has 0 amide bonds. The number of rotatable bonds is 7. The van der Waals surface area contributed by atoms with Crippen molar-refractivity contribution < 1.29 is 4.74 Å². The van der Waals surface area contributed by atoms with Crippen LogP contribution in [-0.2, 0) is 6.54 Å². The number of aryl methyl sites for hydroxylation is 2. The molecule has 3 heteroatoms. The van der Waals surface area contributed by atoms with Gasteiger partial charge in [-0.15, -0.1) is 0 Å². The number of nitrogens with two attached hydrogens (primary N) is 1. The fourth-order valence-electron chi connectivity index (χ4n) is 1.93. The Balaban J connectivity index is 2.56. The highest BCUT2D eigenvalue weighted by atomic mass is 16.5. The Labute approximate surface area is 117 Å². The van der Waals surface area contributed by atoms with Crippen LogP contribution in [-0.4, -0.2) is 20.2 Å². The summed E-state index contributed by atoms with van der Waals surface area (Å²) in [5.41, 5.74) is 9.74. The van der Waals surface area contributed by atoms with E-state index in [9.17, 15) is 0 Å². The molecule has 0 saturated heterocycles. The normalized spacial score (nSPS) is 11.7. The Kier molecular flexibility index (Phi) is 5.83. The van der Waals surface area contributed by atoms with E-state index in [4.69, 9.17) is 10.5 Å². The third kappa shape index (κ3) is 4.84. The second-order valence-corrected chi connectivity index (χ2v) is 6.04. The molecule has 0 aliphatic carbocycles. The summed E-state index contributed by atoms with van der Waals surface area (Å²) in [5, 5.41) is 3.48. The summed E-state index contributed by atoms with van der Waals surface area (Å²) in [6, 6.07) is 4.31. The van der Waals surface area contributed by atoms with Crippen LogP contribution in [0.2, 0.25) is 0 Å². The largest absolute Gasteiger partial charge is 0.496 e. The molecule has 1 aromatic rings. The van der Waals surface area contributed by atoms with E-state index in [-0.39, 0.29) is 5.41 Å². The first kappa shape index (κ1) is 16.0. The molecular weight excluding hydrogens is 236 g/mol. The standard InChI is InChI=1S/C16H28N2O/c1-12-8-14(15(19-5)9-13(12)2)10-18-7-6-16(3,4)11-17/h8-9,18H,6-7,10-11,17H2,1-5H3. The molecule has 0 unspecified atom stereocenters. The van der Waals surface area contributed by atoms with Gasteiger partial charge in [0.15, 0.2) is 0 Å². The van der Waals surface area contributed by atoms with Crippen molar-refractivity contribution in [1.82, 2.24) is 5.32 Å². The smallest absolute Gasteiger partial charge is 0.123 e. The molecule has 3 N–H and O–H groups in total. The highest BCUT2D eigenvalue weighted by Gasteiger charge is 2.14. The fourth-order valence-corrected chi connectivity index (χ4v) is 1.93. The van der Waals surface area contributed by atoms with E-state index >= 15 is 0 Å². The van der Waals surface area contributed by atoms with Crippen molar-refractivity contribution in [3.8, 4) is 5.75 Å². The predicted molar refractivity (Wildman–Crippen MR) is 81.6 cm³/mol. The lowest BCUT2D eigenvalue weighted by Gasteiger charge is -2.22. The summed E-state index contributed by atoms with van der Waals surface area (Å²) < 4.78 is 5.44. The highest BCUT2D eigenvalue weighted by molar-refractivity contribution is 5.41. The van der Waals surface area contributed by atoms with Crippen molar-refractivity contribution in [3.63, 3.8) is 0 Å². The third-order valence-corrected chi connectivity index (χ3v) is 3.74. The zero-order valence-electron chi connectivity index (χ0n) is 13.0. The minimum Gasteiger partial charge on any atom is -0.496 e. The maximum atomic E-state index is 5.73. The van der Waals surface area contributed by atoms with Crippen LogP contribution in [0.5, 0.6) is 5.75 Å². The van der Waals surface area contributed by atoms with E-state index in [2.05, 4.69) is 45.1 Å². The molecule has 3 nitrogen and oxygen atoms in total. The zero-order valence-corrected chi connectivity index (χ0v) is 13.0. The van der Waals surface area contributed by atoms with Crippen molar-refractivity contribution in [2.45, 2.75) is 40.7 Å². The molecule has 0 spiro atoms. The molecule has 0 saturated carbocycles. The van der Waals surface area contributed by atoms with Crippen LogP contribution in [0.3, 0.4) is 0 Å². The average molecular weight is 264 g/mol. The molecular formula is C16H28N2O. The molecule has 1 rings (SSSR count). The van der Waals surface area contributed by atoms with Gasteiger partial charge in [-0.05, 0) is 56.0 Å². The number of hydrogen-bond acceptors (Lipinski definition) is 3. The van der Waals surface area contributed by atoms with Gasteiger partial charge in [0.05, 0.1) is 7.11 Å². The van der Waals surface area contributed by atoms with Crippen LogP contribution in [0.4, 0.5) is 0 Å². The predicted octanol–water partition coefficient (Wildman–Crippen LogP) is 2.78. The molecule has 0 radical (unpaired) electrons. The van der Waals surface area contributed by atoms with E-state index in [1.54, 1.807) is 7.11 Å². The van der Waals surface area contributed by atoms with Gasteiger partial charge in [0, 0.05) is 12.1 Å². The lowest BCUT2D eigenvalue weighted by molar-refractivity contribution is 0.338. The van der Waals surface area contributed by atoms with Crippen LogP contribution in [0, 0.1) is 19.3 Å². The summed E-state index contributed by atoms with van der Waals surface area (Å²) >= 11 is 0. The molecule has 0 aliphatic heterocycles. The zero-order chi connectivity index (χ0) is 14.5. The van der Waals surface area contributed by atoms with Gasteiger partial charge >= 0.3 is 0 Å². The fraction of sp³-hybridized carbons (Fsp3) is 0.625. The Hall–Kier alpha value is -1.06. The minimum atomic E-state index is 0.209. The number of hydrogen-bond donors (Lipinski definition) is 2. The molecule has 0 aromatic heterocycles. The molecule has 1 aromatic carbocycles. The number of ether oxygens (including phenoxy) is 1. The van der Waals surface area contributed by atoms with Crippen molar-refractivity contribution in [3.05, 3.63) is 28.8 Å². The van der Waals surface area contributed by atoms with Gasteiger partial charge in [-0.25, -0.2) is 0 Å².